The Hall–Kier alpha value is -2.18. The largest absolute Gasteiger partial charge is 0.341 e. The summed E-state index contributed by atoms with van der Waals surface area (Å²) < 4.78 is 1.69. The number of halogens is 1. The molecule has 0 aliphatic carbocycles. The van der Waals surface area contributed by atoms with Gasteiger partial charge in [-0.1, -0.05) is 29.8 Å². The molecule has 0 saturated carbocycles. The van der Waals surface area contributed by atoms with Crippen molar-refractivity contribution in [2.24, 2.45) is 13.0 Å². The Kier molecular flexibility index (Phi) is 7.16. The summed E-state index contributed by atoms with van der Waals surface area (Å²) in [6.45, 7) is 3.23. The minimum atomic E-state index is -0.395. The number of nitrogens with zero attached hydrogens (tertiary/aromatic N) is 3. The number of hydrogen-bond acceptors (Lipinski definition) is 4. The average molecular weight is 391 g/mol. The van der Waals surface area contributed by atoms with E-state index in [9.17, 15) is 9.59 Å². The molecule has 1 aromatic carbocycles. The lowest BCUT2D eigenvalue weighted by atomic mass is 9.88. The molecule has 0 radical (unpaired) electrons. The molecule has 1 fully saturated rings. The van der Waals surface area contributed by atoms with Gasteiger partial charge in [-0.25, -0.2) is 0 Å². The Bertz CT molecular complexity index is 780. The van der Waals surface area contributed by atoms with Crippen molar-refractivity contribution in [3.63, 3.8) is 0 Å². The Balaban J connectivity index is 0.00000261. The lowest BCUT2D eigenvalue weighted by molar-refractivity contribution is -0.134. The van der Waals surface area contributed by atoms with Crippen LogP contribution in [0.5, 0.6) is 0 Å². The zero-order valence-corrected chi connectivity index (χ0v) is 16.8. The van der Waals surface area contributed by atoms with Crippen molar-refractivity contribution in [2.45, 2.75) is 25.8 Å². The molecule has 0 spiro atoms. The second-order valence-corrected chi connectivity index (χ2v) is 7.00. The van der Waals surface area contributed by atoms with Gasteiger partial charge in [-0.3, -0.25) is 14.3 Å². The highest BCUT2D eigenvalue weighted by Crippen LogP contribution is 2.24. The molecule has 2 heterocycles. The second-order valence-electron chi connectivity index (χ2n) is 7.00. The summed E-state index contributed by atoms with van der Waals surface area (Å²) in [5.41, 5.74) is 2.78. The highest BCUT2D eigenvalue weighted by molar-refractivity contribution is 5.98. The number of ketones is 1. The standard InChI is InChI=1S/C20H26N4O2.ClH/c1-14-4-6-15(7-5-14)19(25)16-8-10-24(11-9-16)20(26)18(21-2)17-12-22-23(3)13-17;/h4-7,12-13,16,18,21H,8-11H2,1-3H3;1H. The first-order valence-corrected chi connectivity index (χ1v) is 9.05. The van der Waals surface area contributed by atoms with Crippen LogP contribution in [0.15, 0.2) is 36.7 Å². The van der Waals surface area contributed by atoms with Crippen molar-refractivity contribution >= 4 is 24.1 Å². The molecule has 1 unspecified atom stereocenters. The third-order valence-electron chi connectivity index (χ3n) is 5.11. The first-order valence-electron chi connectivity index (χ1n) is 9.05. The number of likely N-dealkylation sites (N-methyl/N-ethyl adjacent to an activating group) is 1. The van der Waals surface area contributed by atoms with Gasteiger partial charge in [-0.05, 0) is 26.8 Å². The molecule has 1 aromatic heterocycles. The molecule has 1 amide bonds. The zero-order chi connectivity index (χ0) is 18.7. The van der Waals surface area contributed by atoms with Gasteiger partial charge in [0, 0.05) is 43.4 Å². The van der Waals surface area contributed by atoms with Gasteiger partial charge in [0.15, 0.2) is 5.78 Å². The van der Waals surface area contributed by atoms with Crippen molar-refractivity contribution < 1.29 is 9.59 Å². The van der Waals surface area contributed by atoms with E-state index in [0.29, 0.717) is 25.9 Å². The number of rotatable bonds is 5. The van der Waals surface area contributed by atoms with Crippen molar-refractivity contribution in [3.8, 4) is 0 Å². The molecule has 1 atom stereocenters. The number of Topliss-reactive ketones (excluding diaryl/α,β-unsaturated/α-hetero) is 1. The molecule has 1 aliphatic rings. The molecule has 2 aromatic rings. The van der Waals surface area contributed by atoms with E-state index in [-0.39, 0.29) is 30.0 Å². The maximum atomic E-state index is 12.9. The maximum Gasteiger partial charge on any atom is 0.244 e. The molecule has 1 aliphatic heterocycles. The van der Waals surface area contributed by atoms with Gasteiger partial charge in [0.05, 0.1) is 6.20 Å². The fourth-order valence-electron chi connectivity index (χ4n) is 3.52. The first kappa shape index (κ1) is 21.1. The Morgan fingerprint density at radius 2 is 1.81 bits per heavy atom. The predicted octanol–water partition coefficient (Wildman–Crippen LogP) is 2.53. The Morgan fingerprint density at radius 3 is 2.33 bits per heavy atom. The second kappa shape index (κ2) is 9.15. The van der Waals surface area contributed by atoms with Crippen LogP contribution in [0.1, 0.15) is 40.4 Å². The Morgan fingerprint density at radius 1 is 1.19 bits per heavy atom. The van der Waals surface area contributed by atoms with E-state index in [1.54, 1.807) is 17.9 Å². The minimum Gasteiger partial charge on any atom is -0.341 e. The van der Waals surface area contributed by atoms with Gasteiger partial charge in [0.1, 0.15) is 6.04 Å². The molecule has 3 rings (SSSR count). The zero-order valence-electron chi connectivity index (χ0n) is 16.0. The summed E-state index contributed by atoms with van der Waals surface area (Å²) in [6, 6.07) is 7.34. The summed E-state index contributed by atoms with van der Waals surface area (Å²) in [5, 5.41) is 7.23. The molecule has 146 valence electrons. The van der Waals surface area contributed by atoms with Gasteiger partial charge in [0.2, 0.25) is 5.91 Å². The normalized spacial score (nSPS) is 15.9. The van der Waals surface area contributed by atoms with Crippen LogP contribution in [-0.2, 0) is 11.8 Å². The maximum absolute atomic E-state index is 12.9. The number of hydrogen-bond donors (Lipinski definition) is 1. The van der Waals surface area contributed by atoms with E-state index < -0.39 is 6.04 Å². The van der Waals surface area contributed by atoms with Crippen molar-refractivity contribution in [2.75, 3.05) is 20.1 Å². The van der Waals surface area contributed by atoms with Gasteiger partial charge >= 0.3 is 0 Å². The summed E-state index contributed by atoms with van der Waals surface area (Å²) in [4.78, 5) is 27.4. The van der Waals surface area contributed by atoms with Crippen LogP contribution >= 0.6 is 12.4 Å². The van der Waals surface area contributed by atoms with Crippen LogP contribution in [0, 0.1) is 12.8 Å². The SMILES string of the molecule is CNC(C(=O)N1CCC(C(=O)c2ccc(C)cc2)CC1)c1cnn(C)c1.Cl. The Labute approximate surface area is 166 Å². The topological polar surface area (TPSA) is 67.2 Å². The lowest BCUT2D eigenvalue weighted by Gasteiger charge is -2.33. The van der Waals surface area contributed by atoms with Crippen LogP contribution < -0.4 is 5.32 Å². The molecule has 7 heteroatoms. The molecular formula is C20H27ClN4O2. The van der Waals surface area contributed by atoms with Crippen molar-refractivity contribution in [1.29, 1.82) is 0 Å². The first-order chi connectivity index (χ1) is 12.5. The van der Waals surface area contributed by atoms with E-state index in [2.05, 4.69) is 10.4 Å². The van der Waals surface area contributed by atoms with E-state index >= 15 is 0 Å². The highest BCUT2D eigenvalue weighted by atomic mass is 35.5. The van der Waals surface area contributed by atoms with Gasteiger partial charge in [-0.15, -0.1) is 12.4 Å². The molecule has 1 saturated heterocycles. The number of likely N-dealkylation sites (tertiary alicyclic amines) is 1. The van der Waals surface area contributed by atoms with E-state index in [0.717, 1.165) is 16.7 Å². The summed E-state index contributed by atoms with van der Waals surface area (Å²) >= 11 is 0. The van der Waals surface area contributed by atoms with Crippen LogP contribution in [-0.4, -0.2) is 46.5 Å². The van der Waals surface area contributed by atoms with E-state index in [1.807, 2.05) is 49.3 Å². The molecule has 0 bridgehead atoms. The summed E-state index contributed by atoms with van der Waals surface area (Å²) in [6.07, 6.45) is 4.99. The number of aromatic nitrogens is 2. The molecular weight excluding hydrogens is 364 g/mol. The van der Waals surface area contributed by atoms with Crippen LogP contribution in [0.25, 0.3) is 0 Å². The number of piperidine rings is 1. The average Bonchev–Trinajstić information content (AvgIpc) is 3.08. The van der Waals surface area contributed by atoms with Gasteiger partial charge in [0.25, 0.3) is 0 Å². The van der Waals surface area contributed by atoms with Gasteiger partial charge in [-0.2, -0.15) is 5.10 Å². The smallest absolute Gasteiger partial charge is 0.244 e. The molecule has 27 heavy (non-hydrogen) atoms. The van der Waals surface area contributed by atoms with Crippen LogP contribution in [0.2, 0.25) is 0 Å². The molecule has 1 N–H and O–H groups in total. The van der Waals surface area contributed by atoms with Crippen LogP contribution in [0.4, 0.5) is 0 Å². The van der Waals surface area contributed by atoms with Crippen molar-refractivity contribution in [3.05, 3.63) is 53.3 Å². The minimum absolute atomic E-state index is 0. The van der Waals surface area contributed by atoms with Crippen LogP contribution in [0.3, 0.4) is 0 Å². The number of nitrogens with one attached hydrogen (secondary N) is 1. The third-order valence-corrected chi connectivity index (χ3v) is 5.11. The number of aryl methyl sites for hydroxylation is 2. The van der Waals surface area contributed by atoms with E-state index in [4.69, 9.17) is 0 Å². The number of carbonyl (C=O) groups excluding carboxylic acids is 2. The fraction of sp³-hybridized carbons (Fsp3) is 0.450. The third kappa shape index (κ3) is 4.76. The highest BCUT2D eigenvalue weighted by Gasteiger charge is 2.31. The fourth-order valence-corrected chi connectivity index (χ4v) is 3.52. The predicted molar refractivity (Wildman–Crippen MR) is 107 cm³/mol. The van der Waals surface area contributed by atoms with E-state index in [1.165, 1.54) is 0 Å². The number of benzene rings is 1. The number of amides is 1. The van der Waals surface area contributed by atoms with Crippen molar-refractivity contribution in [1.82, 2.24) is 20.0 Å². The number of carbonyl (C=O) groups is 2. The molecule has 6 nitrogen and oxygen atoms in total. The lowest BCUT2D eigenvalue weighted by Crippen LogP contribution is -2.45. The van der Waals surface area contributed by atoms with Gasteiger partial charge < -0.3 is 10.2 Å². The summed E-state index contributed by atoms with van der Waals surface area (Å²) in [5.74, 6) is 0.226. The monoisotopic (exact) mass is 390 g/mol. The quantitative estimate of drug-likeness (QED) is 0.796. The summed E-state index contributed by atoms with van der Waals surface area (Å²) in [7, 11) is 3.62.